The first-order chi connectivity index (χ1) is 13.9. The van der Waals surface area contributed by atoms with Gasteiger partial charge in [-0.2, -0.15) is 0 Å². The Kier molecular flexibility index (Phi) is 9.09. The lowest BCUT2D eigenvalue weighted by atomic mass is 10.3. The monoisotopic (exact) mass is 438 g/mol. The average Bonchev–Trinajstić information content (AvgIpc) is 2.70. The summed E-state index contributed by atoms with van der Waals surface area (Å²) < 4.78 is 10.9. The van der Waals surface area contributed by atoms with Crippen LogP contribution in [0.15, 0.2) is 42.5 Å². The van der Waals surface area contributed by atoms with Crippen LogP contribution in [0, 0.1) is 0 Å². The van der Waals surface area contributed by atoms with Gasteiger partial charge in [0, 0.05) is 11.6 Å². The summed E-state index contributed by atoms with van der Waals surface area (Å²) in [5, 5.41) is 3.51. The first kappa shape index (κ1) is 22.8. The summed E-state index contributed by atoms with van der Waals surface area (Å²) in [6.45, 7) is 4.57. The van der Waals surface area contributed by atoms with Gasteiger partial charge in [-0.05, 0) is 55.8 Å². The van der Waals surface area contributed by atoms with Crippen molar-refractivity contribution in [3.8, 4) is 11.5 Å². The minimum Gasteiger partial charge on any atom is -0.494 e. The third-order valence-corrected chi connectivity index (χ3v) is 4.44. The van der Waals surface area contributed by atoms with Crippen LogP contribution in [0.25, 0.3) is 0 Å². The van der Waals surface area contributed by atoms with E-state index in [1.807, 2.05) is 13.8 Å². The Labute approximate surface area is 180 Å². The maximum Gasteiger partial charge on any atom is 0.260 e. The van der Waals surface area contributed by atoms with E-state index in [-0.39, 0.29) is 25.0 Å². The molecule has 2 amide bonds. The van der Waals surface area contributed by atoms with E-state index in [9.17, 15) is 9.59 Å². The molecule has 29 heavy (non-hydrogen) atoms. The van der Waals surface area contributed by atoms with Gasteiger partial charge in [0.25, 0.3) is 5.91 Å². The van der Waals surface area contributed by atoms with Crippen molar-refractivity contribution in [3.63, 3.8) is 0 Å². The lowest BCUT2D eigenvalue weighted by Gasteiger charge is -2.22. The Bertz CT molecular complexity index is 828. The number of benzene rings is 2. The molecule has 0 heterocycles. The summed E-state index contributed by atoms with van der Waals surface area (Å²) in [6, 6.07) is 11.8. The number of hydrogen-bond acceptors (Lipinski definition) is 4. The highest BCUT2D eigenvalue weighted by molar-refractivity contribution is 6.35. The van der Waals surface area contributed by atoms with E-state index in [0.29, 0.717) is 41.1 Å². The van der Waals surface area contributed by atoms with Crippen LogP contribution in [-0.4, -0.2) is 43.0 Å². The Morgan fingerprint density at radius 2 is 1.66 bits per heavy atom. The lowest BCUT2D eigenvalue weighted by Crippen LogP contribution is -2.41. The maximum atomic E-state index is 12.5. The Hall–Kier alpha value is -2.44. The minimum absolute atomic E-state index is 0.109. The number of carbonyl (C=O) groups excluding carboxylic acids is 2. The van der Waals surface area contributed by atoms with Gasteiger partial charge in [0.2, 0.25) is 5.91 Å². The smallest absolute Gasteiger partial charge is 0.260 e. The molecule has 6 nitrogen and oxygen atoms in total. The molecule has 2 rings (SSSR count). The second kappa shape index (κ2) is 11.5. The quantitative estimate of drug-likeness (QED) is 0.585. The fourth-order valence-electron chi connectivity index (χ4n) is 2.55. The second-order valence-electron chi connectivity index (χ2n) is 6.18. The Balaban J connectivity index is 1.92. The summed E-state index contributed by atoms with van der Waals surface area (Å²) in [6.07, 6.45) is 0.708. The number of anilines is 1. The topological polar surface area (TPSA) is 67.9 Å². The van der Waals surface area contributed by atoms with E-state index in [1.54, 1.807) is 42.5 Å². The van der Waals surface area contributed by atoms with Crippen molar-refractivity contribution in [3.05, 3.63) is 52.5 Å². The van der Waals surface area contributed by atoms with Crippen LogP contribution in [0.3, 0.4) is 0 Å². The molecule has 2 aromatic carbocycles. The van der Waals surface area contributed by atoms with Gasteiger partial charge in [-0.3, -0.25) is 9.59 Å². The molecule has 0 spiro atoms. The summed E-state index contributed by atoms with van der Waals surface area (Å²) in [7, 11) is 0. The molecule has 0 aromatic heterocycles. The fourth-order valence-corrected chi connectivity index (χ4v) is 2.89. The first-order valence-electron chi connectivity index (χ1n) is 9.31. The molecule has 0 fully saturated rings. The Morgan fingerprint density at radius 3 is 2.28 bits per heavy atom. The van der Waals surface area contributed by atoms with E-state index in [1.165, 1.54) is 4.90 Å². The molecule has 0 bridgehead atoms. The molecule has 0 aliphatic rings. The van der Waals surface area contributed by atoms with Gasteiger partial charge in [0.05, 0.1) is 23.9 Å². The van der Waals surface area contributed by atoms with Crippen molar-refractivity contribution >= 4 is 40.7 Å². The molecular weight excluding hydrogens is 415 g/mol. The maximum absolute atomic E-state index is 12.5. The van der Waals surface area contributed by atoms with Crippen LogP contribution >= 0.6 is 23.2 Å². The normalized spacial score (nSPS) is 10.3. The SMILES string of the molecule is CCCN(CC(=O)Nc1cc(Cl)ccc1Cl)C(=O)COc1ccc(OCC)cc1. The Morgan fingerprint density at radius 1 is 1.00 bits per heavy atom. The second-order valence-corrected chi connectivity index (χ2v) is 7.02. The van der Waals surface area contributed by atoms with Crippen molar-refractivity contribution in [1.82, 2.24) is 4.90 Å². The zero-order valence-electron chi connectivity index (χ0n) is 16.4. The van der Waals surface area contributed by atoms with Gasteiger partial charge >= 0.3 is 0 Å². The molecule has 156 valence electrons. The van der Waals surface area contributed by atoms with Gasteiger partial charge in [-0.25, -0.2) is 0 Å². The number of amides is 2. The number of hydrogen-bond donors (Lipinski definition) is 1. The predicted octanol–water partition coefficient (Wildman–Crippen LogP) is 4.65. The molecule has 1 N–H and O–H groups in total. The fraction of sp³-hybridized carbons (Fsp3) is 0.333. The van der Waals surface area contributed by atoms with E-state index >= 15 is 0 Å². The zero-order valence-corrected chi connectivity index (χ0v) is 17.9. The molecule has 0 unspecified atom stereocenters. The number of ether oxygens (including phenoxy) is 2. The van der Waals surface area contributed by atoms with Gasteiger partial charge in [-0.1, -0.05) is 30.1 Å². The number of nitrogens with one attached hydrogen (secondary N) is 1. The molecule has 8 heteroatoms. The number of rotatable bonds is 10. The highest BCUT2D eigenvalue weighted by Gasteiger charge is 2.18. The van der Waals surface area contributed by atoms with Crippen LogP contribution in [0.1, 0.15) is 20.3 Å². The van der Waals surface area contributed by atoms with Crippen molar-refractivity contribution < 1.29 is 19.1 Å². The number of carbonyl (C=O) groups is 2. The molecule has 0 atom stereocenters. The number of nitrogens with zero attached hydrogens (tertiary/aromatic N) is 1. The van der Waals surface area contributed by atoms with Gasteiger partial charge in [0.15, 0.2) is 6.61 Å². The van der Waals surface area contributed by atoms with Crippen molar-refractivity contribution in [2.75, 3.05) is 31.6 Å². The highest BCUT2D eigenvalue weighted by Crippen LogP contribution is 2.25. The van der Waals surface area contributed by atoms with Crippen LogP contribution < -0.4 is 14.8 Å². The molecular formula is C21H24Cl2N2O4. The van der Waals surface area contributed by atoms with Crippen LogP contribution in [-0.2, 0) is 9.59 Å². The molecule has 0 saturated heterocycles. The predicted molar refractivity (Wildman–Crippen MR) is 115 cm³/mol. The minimum atomic E-state index is -0.364. The molecule has 0 saturated carbocycles. The average molecular weight is 439 g/mol. The van der Waals surface area contributed by atoms with Crippen molar-refractivity contribution in [1.29, 1.82) is 0 Å². The lowest BCUT2D eigenvalue weighted by molar-refractivity contribution is -0.136. The zero-order chi connectivity index (χ0) is 21.2. The highest BCUT2D eigenvalue weighted by atomic mass is 35.5. The van der Waals surface area contributed by atoms with E-state index < -0.39 is 0 Å². The van der Waals surface area contributed by atoms with Crippen molar-refractivity contribution in [2.45, 2.75) is 20.3 Å². The van der Waals surface area contributed by atoms with Gasteiger partial charge in [-0.15, -0.1) is 0 Å². The van der Waals surface area contributed by atoms with Crippen LogP contribution in [0.4, 0.5) is 5.69 Å². The molecule has 0 radical (unpaired) electrons. The molecule has 0 aliphatic heterocycles. The summed E-state index contributed by atoms with van der Waals surface area (Å²) in [4.78, 5) is 26.4. The largest absolute Gasteiger partial charge is 0.494 e. The summed E-state index contributed by atoms with van der Waals surface area (Å²) >= 11 is 12.0. The van der Waals surface area contributed by atoms with E-state index in [2.05, 4.69) is 5.32 Å². The van der Waals surface area contributed by atoms with Crippen LogP contribution in [0.2, 0.25) is 10.0 Å². The standard InChI is InChI=1S/C21H24Cl2N2O4/c1-3-11-25(13-20(26)24-19-12-15(22)5-10-18(19)23)21(27)14-29-17-8-6-16(7-9-17)28-4-2/h5-10,12H,3-4,11,13-14H2,1-2H3,(H,24,26). The summed E-state index contributed by atoms with van der Waals surface area (Å²) in [5.74, 6) is 0.633. The molecule has 0 aliphatic carbocycles. The molecule has 2 aromatic rings. The third-order valence-electron chi connectivity index (χ3n) is 3.88. The summed E-state index contributed by atoms with van der Waals surface area (Å²) in [5.41, 5.74) is 0.402. The van der Waals surface area contributed by atoms with E-state index in [4.69, 9.17) is 32.7 Å². The van der Waals surface area contributed by atoms with Crippen LogP contribution in [0.5, 0.6) is 11.5 Å². The first-order valence-corrected chi connectivity index (χ1v) is 10.1. The van der Waals surface area contributed by atoms with Gasteiger partial charge < -0.3 is 19.7 Å². The van der Waals surface area contributed by atoms with Crippen molar-refractivity contribution in [2.24, 2.45) is 0 Å². The van der Waals surface area contributed by atoms with Gasteiger partial charge in [0.1, 0.15) is 11.5 Å². The van der Waals surface area contributed by atoms with E-state index in [0.717, 1.165) is 5.75 Å². The number of halogens is 2. The third kappa shape index (κ3) is 7.48.